The van der Waals surface area contributed by atoms with Crippen molar-refractivity contribution in [1.29, 1.82) is 0 Å². The molecule has 0 aliphatic carbocycles. The lowest BCUT2D eigenvalue weighted by Crippen LogP contribution is -2.56. The number of benzene rings is 6. The maximum absolute atomic E-state index is 14.2. The number of hydrogen-bond donors (Lipinski definition) is 0. The highest BCUT2D eigenvalue weighted by atomic mass is 32.1. The summed E-state index contributed by atoms with van der Waals surface area (Å²) in [5.74, 6) is -0.423. The van der Waals surface area contributed by atoms with E-state index in [1.54, 1.807) is 30.3 Å². The maximum Gasteiger partial charge on any atom is 0.270 e. The van der Waals surface area contributed by atoms with Crippen LogP contribution < -0.4 is 14.5 Å². The Morgan fingerprint density at radius 1 is 0.568 bits per heavy atom. The molecule has 6 heteroatoms. The summed E-state index contributed by atoms with van der Waals surface area (Å²) in [6.45, 7) is 0.314. The highest BCUT2D eigenvalue weighted by Gasteiger charge is 2.41. The van der Waals surface area contributed by atoms with E-state index in [1.165, 1.54) is 9.80 Å². The predicted octanol–water partition coefficient (Wildman–Crippen LogP) is 8.32. The molecule has 1 aliphatic rings. The van der Waals surface area contributed by atoms with Gasteiger partial charge in [0.2, 0.25) is 0 Å². The Bertz CT molecular complexity index is 2020. The van der Waals surface area contributed by atoms with E-state index >= 15 is 0 Å². The van der Waals surface area contributed by atoms with Crippen molar-refractivity contribution in [2.24, 2.45) is 0 Å². The number of thiocarbonyl (C=S) groups is 1. The molecule has 44 heavy (non-hydrogen) atoms. The van der Waals surface area contributed by atoms with E-state index in [9.17, 15) is 9.59 Å². The highest BCUT2D eigenvalue weighted by molar-refractivity contribution is 7.81. The third-order valence-corrected chi connectivity index (χ3v) is 8.13. The number of amides is 2. The molecule has 1 aliphatic heterocycles. The normalized spacial score (nSPS) is 13.5. The molecule has 6 aromatic carbocycles. The molecule has 1 heterocycles. The molecule has 0 aromatic heterocycles. The Morgan fingerprint density at radius 3 is 1.73 bits per heavy atom. The molecule has 0 N–H and O–H groups in total. The lowest BCUT2D eigenvalue weighted by molar-refractivity contribution is -0.120. The summed E-state index contributed by atoms with van der Waals surface area (Å²) < 4.78 is 6.48. The van der Waals surface area contributed by atoms with Crippen molar-refractivity contribution in [3.8, 4) is 5.75 Å². The number of nitrogens with zero attached hydrogens (tertiary/aromatic N) is 2. The second-order valence-corrected chi connectivity index (χ2v) is 10.8. The first-order valence-electron chi connectivity index (χ1n) is 14.3. The van der Waals surface area contributed by atoms with Crippen LogP contribution in [0.5, 0.6) is 5.75 Å². The average molecular weight is 591 g/mol. The zero-order chi connectivity index (χ0) is 30.0. The van der Waals surface area contributed by atoms with Gasteiger partial charge in [-0.15, -0.1) is 0 Å². The maximum atomic E-state index is 14.2. The Hall–Kier alpha value is -5.59. The van der Waals surface area contributed by atoms with Gasteiger partial charge in [0.05, 0.1) is 11.4 Å². The summed E-state index contributed by atoms with van der Waals surface area (Å²) in [5.41, 5.74) is 2.82. The van der Waals surface area contributed by atoms with Crippen molar-refractivity contribution < 1.29 is 14.3 Å². The molecule has 0 radical (unpaired) electrons. The zero-order valence-electron chi connectivity index (χ0n) is 23.6. The summed E-state index contributed by atoms with van der Waals surface area (Å²) in [6, 6.07) is 44.4. The van der Waals surface area contributed by atoms with Crippen LogP contribution >= 0.6 is 12.2 Å². The molecule has 5 nitrogen and oxygen atoms in total. The van der Waals surface area contributed by atoms with Crippen LogP contribution in [-0.2, 0) is 16.2 Å². The van der Waals surface area contributed by atoms with Gasteiger partial charge in [-0.2, -0.15) is 0 Å². The minimum atomic E-state index is -0.494. The van der Waals surface area contributed by atoms with Gasteiger partial charge in [-0.1, -0.05) is 109 Å². The van der Waals surface area contributed by atoms with Crippen LogP contribution in [0.25, 0.3) is 27.6 Å². The number of para-hydroxylation sites is 2. The van der Waals surface area contributed by atoms with E-state index in [2.05, 4.69) is 18.2 Å². The van der Waals surface area contributed by atoms with E-state index in [0.29, 0.717) is 29.3 Å². The monoisotopic (exact) mass is 590 g/mol. The number of ether oxygens (including phenoxy) is 1. The van der Waals surface area contributed by atoms with E-state index in [-0.39, 0.29) is 10.7 Å². The predicted molar refractivity (Wildman–Crippen MR) is 181 cm³/mol. The number of carbonyl (C=O) groups excluding carboxylic acids is 2. The Balaban J connectivity index is 1.37. The van der Waals surface area contributed by atoms with Gasteiger partial charge in [0.25, 0.3) is 11.8 Å². The number of anilines is 2. The van der Waals surface area contributed by atoms with Crippen LogP contribution in [0.1, 0.15) is 11.1 Å². The summed E-state index contributed by atoms with van der Waals surface area (Å²) >= 11 is 5.78. The molecule has 0 spiro atoms. The van der Waals surface area contributed by atoms with Gasteiger partial charge in [0.1, 0.15) is 17.9 Å². The van der Waals surface area contributed by atoms with E-state index in [1.807, 2.05) is 97.1 Å². The van der Waals surface area contributed by atoms with Crippen LogP contribution in [0.2, 0.25) is 0 Å². The number of rotatable bonds is 6. The molecule has 7 rings (SSSR count). The summed E-state index contributed by atoms with van der Waals surface area (Å²) in [5, 5.41) is 4.16. The van der Waals surface area contributed by atoms with Crippen molar-refractivity contribution in [2.75, 3.05) is 9.80 Å². The molecule has 6 aromatic rings. The Morgan fingerprint density at radius 2 is 1.09 bits per heavy atom. The van der Waals surface area contributed by atoms with Crippen molar-refractivity contribution >= 4 is 68.1 Å². The van der Waals surface area contributed by atoms with Gasteiger partial charge in [-0.25, -0.2) is 0 Å². The smallest absolute Gasteiger partial charge is 0.270 e. The lowest BCUT2D eigenvalue weighted by Gasteiger charge is -2.36. The number of fused-ring (bicyclic) bond motifs is 2. The van der Waals surface area contributed by atoms with Gasteiger partial charge >= 0.3 is 0 Å². The number of hydrogen-bond acceptors (Lipinski definition) is 4. The van der Waals surface area contributed by atoms with Crippen molar-refractivity contribution in [3.05, 3.63) is 156 Å². The first kappa shape index (κ1) is 27.3. The summed E-state index contributed by atoms with van der Waals surface area (Å²) in [7, 11) is 0. The largest absolute Gasteiger partial charge is 0.488 e. The van der Waals surface area contributed by atoms with Gasteiger partial charge < -0.3 is 4.74 Å². The molecule has 0 saturated carbocycles. The topological polar surface area (TPSA) is 49.9 Å². The minimum Gasteiger partial charge on any atom is -0.488 e. The van der Waals surface area contributed by atoms with Crippen LogP contribution in [0.3, 0.4) is 0 Å². The molecular weight excluding hydrogens is 564 g/mol. The first-order chi connectivity index (χ1) is 21.6. The fourth-order valence-electron chi connectivity index (χ4n) is 5.61. The van der Waals surface area contributed by atoms with Crippen LogP contribution in [0, 0.1) is 0 Å². The van der Waals surface area contributed by atoms with Gasteiger partial charge in [-0.3, -0.25) is 19.4 Å². The standard InChI is InChI=1S/C38H26N2O3S/c41-36-34(37(42)40(30-18-5-2-6-19-30)38(44)39(36)29-16-3-1-4-17-29)24-33-32-21-10-8-13-27(32)22-23-35(33)43-25-28-15-11-14-26-12-7-9-20-31(26)28/h1-24H,25H2. The second kappa shape index (κ2) is 11.6. The zero-order valence-corrected chi connectivity index (χ0v) is 24.4. The first-order valence-corrected chi connectivity index (χ1v) is 14.7. The molecule has 2 amide bonds. The van der Waals surface area contributed by atoms with Gasteiger partial charge in [0, 0.05) is 5.56 Å². The van der Waals surface area contributed by atoms with E-state index in [0.717, 1.165) is 27.1 Å². The molecule has 1 fully saturated rings. The molecule has 1 saturated heterocycles. The van der Waals surface area contributed by atoms with Crippen LogP contribution in [-0.4, -0.2) is 16.9 Å². The minimum absolute atomic E-state index is 0.0160. The summed E-state index contributed by atoms with van der Waals surface area (Å²) in [4.78, 5) is 31.2. The Kier molecular flexibility index (Phi) is 7.18. The van der Waals surface area contributed by atoms with Crippen molar-refractivity contribution in [3.63, 3.8) is 0 Å². The molecule has 0 unspecified atom stereocenters. The van der Waals surface area contributed by atoms with Crippen LogP contribution in [0.4, 0.5) is 11.4 Å². The molecule has 0 bridgehead atoms. The number of carbonyl (C=O) groups is 2. The van der Waals surface area contributed by atoms with Gasteiger partial charge in [0.15, 0.2) is 5.11 Å². The van der Waals surface area contributed by atoms with Crippen molar-refractivity contribution in [2.45, 2.75) is 6.61 Å². The molecular formula is C38H26N2O3S. The Labute approximate surface area is 260 Å². The second-order valence-electron chi connectivity index (χ2n) is 10.4. The highest BCUT2D eigenvalue weighted by Crippen LogP contribution is 2.35. The quantitative estimate of drug-likeness (QED) is 0.111. The van der Waals surface area contributed by atoms with Crippen molar-refractivity contribution in [1.82, 2.24) is 0 Å². The fourth-order valence-corrected chi connectivity index (χ4v) is 5.98. The van der Waals surface area contributed by atoms with Gasteiger partial charge in [-0.05, 0) is 75.7 Å². The molecule has 0 atom stereocenters. The SMILES string of the molecule is O=C1C(=Cc2c(OCc3cccc4ccccc34)ccc3ccccc23)C(=O)N(c2ccccc2)C(=S)N1c1ccccc1. The van der Waals surface area contributed by atoms with E-state index < -0.39 is 11.8 Å². The third kappa shape index (κ3) is 4.91. The lowest BCUT2D eigenvalue weighted by atomic mass is 9.99. The fraction of sp³-hybridized carbons (Fsp3) is 0.0263. The average Bonchev–Trinajstić information content (AvgIpc) is 3.07. The third-order valence-electron chi connectivity index (χ3n) is 7.76. The summed E-state index contributed by atoms with van der Waals surface area (Å²) in [6.07, 6.45) is 1.65. The molecule has 212 valence electrons. The van der Waals surface area contributed by atoms with E-state index in [4.69, 9.17) is 17.0 Å². The van der Waals surface area contributed by atoms with Crippen LogP contribution in [0.15, 0.2) is 145 Å².